The first-order chi connectivity index (χ1) is 12.5. The molecule has 0 radical (unpaired) electrons. The van der Waals surface area contributed by atoms with Crippen LogP contribution in [0.5, 0.6) is 0 Å². The Morgan fingerprint density at radius 1 is 0.923 bits per heavy atom. The molecule has 0 aliphatic carbocycles. The summed E-state index contributed by atoms with van der Waals surface area (Å²) in [5, 5.41) is 4.22. The second-order valence-electron chi connectivity index (χ2n) is 5.89. The largest absolute Gasteiger partial charge is 0.372 e. The number of anilines is 1. The molecule has 132 valence electrons. The van der Waals surface area contributed by atoms with Gasteiger partial charge >= 0.3 is 0 Å². The second-order valence-corrected chi connectivity index (χ2v) is 7.62. The maximum absolute atomic E-state index is 13.0. The molecule has 0 saturated carbocycles. The number of halogens is 3. The van der Waals surface area contributed by atoms with Crippen molar-refractivity contribution in [3.63, 3.8) is 0 Å². The molecule has 0 bridgehead atoms. The SMILES string of the molecule is O=C(Cc1cccc(Br)c1)C(Nc1ccc(Cl)c(Cl)c1)c1ccccc1. The number of rotatable bonds is 6. The molecular formula is C21H16BrCl2NO. The molecule has 0 saturated heterocycles. The lowest BCUT2D eigenvalue weighted by Gasteiger charge is -2.20. The molecule has 0 aliphatic rings. The summed E-state index contributed by atoms with van der Waals surface area (Å²) >= 11 is 15.5. The van der Waals surface area contributed by atoms with E-state index in [1.165, 1.54) is 0 Å². The lowest BCUT2D eigenvalue weighted by atomic mass is 9.97. The zero-order chi connectivity index (χ0) is 18.5. The molecule has 0 aromatic heterocycles. The summed E-state index contributed by atoms with van der Waals surface area (Å²) in [5.41, 5.74) is 2.61. The summed E-state index contributed by atoms with van der Waals surface area (Å²) in [6.07, 6.45) is 0.327. The molecule has 0 spiro atoms. The highest BCUT2D eigenvalue weighted by atomic mass is 79.9. The van der Waals surface area contributed by atoms with Crippen LogP contribution in [0.2, 0.25) is 10.0 Å². The maximum Gasteiger partial charge on any atom is 0.163 e. The molecule has 0 amide bonds. The van der Waals surface area contributed by atoms with E-state index in [1.54, 1.807) is 12.1 Å². The van der Waals surface area contributed by atoms with Crippen molar-refractivity contribution in [1.82, 2.24) is 0 Å². The van der Waals surface area contributed by atoms with E-state index in [4.69, 9.17) is 23.2 Å². The lowest BCUT2D eigenvalue weighted by Crippen LogP contribution is -2.22. The second kappa shape index (κ2) is 8.72. The van der Waals surface area contributed by atoms with Crippen LogP contribution in [0, 0.1) is 0 Å². The molecule has 0 heterocycles. The number of carbonyl (C=O) groups excluding carboxylic acids is 1. The van der Waals surface area contributed by atoms with Gasteiger partial charge < -0.3 is 5.32 Å². The lowest BCUT2D eigenvalue weighted by molar-refractivity contribution is -0.119. The molecule has 3 rings (SSSR count). The standard InChI is InChI=1S/C21H16BrCl2NO/c22-16-8-4-5-14(11-16)12-20(26)21(15-6-2-1-3-7-15)25-17-9-10-18(23)19(24)13-17/h1-11,13,21,25H,12H2. The minimum Gasteiger partial charge on any atom is -0.372 e. The van der Waals surface area contributed by atoms with Gasteiger partial charge in [-0.15, -0.1) is 0 Å². The van der Waals surface area contributed by atoms with Crippen molar-refractivity contribution in [3.8, 4) is 0 Å². The predicted octanol–water partition coefficient (Wildman–Crippen LogP) is 6.72. The van der Waals surface area contributed by atoms with E-state index < -0.39 is 6.04 Å². The van der Waals surface area contributed by atoms with Crippen molar-refractivity contribution >= 4 is 50.6 Å². The molecule has 1 N–H and O–H groups in total. The number of nitrogens with one attached hydrogen (secondary N) is 1. The average Bonchev–Trinajstić information content (AvgIpc) is 2.63. The summed E-state index contributed by atoms with van der Waals surface area (Å²) in [6.45, 7) is 0. The first-order valence-electron chi connectivity index (χ1n) is 8.06. The molecule has 3 aromatic rings. The van der Waals surface area contributed by atoms with E-state index in [0.717, 1.165) is 21.3 Å². The van der Waals surface area contributed by atoms with E-state index in [9.17, 15) is 4.79 Å². The highest BCUT2D eigenvalue weighted by Gasteiger charge is 2.21. The molecule has 2 nitrogen and oxygen atoms in total. The van der Waals surface area contributed by atoms with Crippen LogP contribution in [0.3, 0.4) is 0 Å². The monoisotopic (exact) mass is 447 g/mol. The van der Waals surface area contributed by atoms with Crippen molar-refractivity contribution in [2.45, 2.75) is 12.5 Å². The Kier molecular flexibility index (Phi) is 6.36. The summed E-state index contributed by atoms with van der Waals surface area (Å²) in [5.74, 6) is 0.0698. The Labute approximate surface area is 171 Å². The Bertz CT molecular complexity index is 915. The number of hydrogen-bond acceptors (Lipinski definition) is 2. The van der Waals surface area contributed by atoms with Crippen LogP contribution in [0.25, 0.3) is 0 Å². The van der Waals surface area contributed by atoms with Gasteiger partial charge in [0, 0.05) is 16.6 Å². The fourth-order valence-electron chi connectivity index (χ4n) is 2.70. The van der Waals surface area contributed by atoms with Crippen LogP contribution in [0.4, 0.5) is 5.69 Å². The Morgan fingerprint density at radius 3 is 2.38 bits per heavy atom. The Morgan fingerprint density at radius 2 is 1.69 bits per heavy atom. The summed E-state index contributed by atoms with van der Waals surface area (Å²) < 4.78 is 0.955. The predicted molar refractivity (Wildman–Crippen MR) is 112 cm³/mol. The molecule has 1 atom stereocenters. The van der Waals surface area contributed by atoms with Crippen molar-refractivity contribution in [3.05, 3.63) is 98.4 Å². The van der Waals surface area contributed by atoms with Gasteiger partial charge in [-0.25, -0.2) is 0 Å². The van der Waals surface area contributed by atoms with E-state index in [2.05, 4.69) is 21.2 Å². The summed E-state index contributed by atoms with van der Waals surface area (Å²) in [4.78, 5) is 13.0. The van der Waals surface area contributed by atoms with Gasteiger partial charge in [0.15, 0.2) is 5.78 Å². The van der Waals surface area contributed by atoms with Crippen molar-refractivity contribution in [2.75, 3.05) is 5.32 Å². The summed E-state index contributed by atoms with van der Waals surface area (Å²) in [7, 11) is 0. The molecule has 5 heteroatoms. The van der Waals surface area contributed by atoms with Gasteiger partial charge in [-0.1, -0.05) is 81.6 Å². The zero-order valence-electron chi connectivity index (χ0n) is 13.8. The van der Waals surface area contributed by atoms with E-state index >= 15 is 0 Å². The van der Waals surface area contributed by atoms with Crippen molar-refractivity contribution in [2.24, 2.45) is 0 Å². The minimum absolute atomic E-state index is 0.0698. The minimum atomic E-state index is -0.479. The van der Waals surface area contributed by atoms with E-state index in [0.29, 0.717) is 16.5 Å². The number of Topliss-reactive ketones (excluding diaryl/α,β-unsaturated/α-hetero) is 1. The van der Waals surface area contributed by atoms with Crippen LogP contribution >= 0.6 is 39.1 Å². The van der Waals surface area contributed by atoms with E-state index in [1.807, 2.05) is 60.7 Å². The van der Waals surface area contributed by atoms with Crippen LogP contribution in [0.1, 0.15) is 17.2 Å². The first-order valence-corrected chi connectivity index (χ1v) is 9.61. The normalized spacial score (nSPS) is 11.8. The number of carbonyl (C=O) groups is 1. The highest BCUT2D eigenvalue weighted by Crippen LogP contribution is 2.28. The summed E-state index contributed by atoms with van der Waals surface area (Å²) in [6, 6.07) is 22.2. The molecule has 1 unspecified atom stereocenters. The van der Waals surface area contributed by atoms with Gasteiger partial charge in [0.05, 0.1) is 10.0 Å². The molecular weight excluding hydrogens is 433 g/mol. The quantitative estimate of drug-likeness (QED) is 0.453. The molecule has 3 aromatic carbocycles. The third-order valence-electron chi connectivity index (χ3n) is 3.95. The van der Waals surface area contributed by atoms with E-state index in [-0.39, 0.29) is 5.78 Å². The Hall–Kier alpha value is -1.81. The molecule has 26 heavy (non-hydrogen) atoms. The van der Waals surface area contributed by atoms with Crippen molar-refractivity contribution in [1.29, 1.82) is 0 Å². The topological polar surface area (TPSA) is 29.1 Å². The van der Waals surface area contributed by atoms with Gasteiger partial charge in [-0.05, 0) is 41.5 Å². The van der Waals surface area contributed by atoms with Gasteiger partial charge in [0.25, 0.3) is 0 Å². The smallest absolute Gasteiger partial charge is 0.163 e. The van der Waals surface area contributed by atoms with Gasteiger partial charge in [-0.2, -0.15) is 0 Å². The third-order valence-corrected chi connectivity index (χ3v) is 5.19. The number of hydrogen-bond donors (Lipinski definition) is 1. The van der Waals surface area contributed by atoms with Gasteiger partial charge in [-0.3, -0.25) is 4.79 Å². The van der Waals surface area contributed by atoms with Gasteiger partial charge in [0.2, 0.25) is 0 Å². The zero-order valence-corrected chi connectivity index (χ0v) is 16.9. The maximum atomic E-state index is 13.0. The fraction of sp³-hybridized carbons (Fsp3) is 0.0952. The first kappa shape index (κ1) is 19.0. The van der Waals surface area contributed by atoms with Crippen LogP contribution in [-0.2, 0) is 11.2 Å². The molecule has 0 aliphatic heterocycles. The van der Waals surface area contributed by atoms with Gasteiger partial charge in [0.1, 0.15) is 6.04 Å². The molecule has 0 fully saturated rings. The number of benzene rings is 3. The van der Waals surface area contributed by atoms with Crippen LogP contribution in [0.15, 0.2) is 77.3 Å². The van der Waals surface area contributed by atoms with Crippen LogP contribution < -0.4 is 5.32 Å². The number of ketones is 1. The third kappa shape index (κ3) is 4.88. The highest BCUT2D eigenvalue weighted by molar-refractivity contribution is 9.10. The Balaban J connectivity index is 1.87. The fourth-order valence-corrected chi connectivity index (χ4v) is 3.44. The average molecular weight is 449 g/mol. The van der Waals surface area contributed by atoms with Crippen molar-refractivity contribution < 1.29 is 4.79 Å². The van der Waals surface area contributed by atoms with Crippen LogP contribution in [-0.4, -0.2) is 5.78 Å².